The molecule has 1 rings (SSSR count). The van der Waals surface area contributed by atoms with Crippen LogP contribution in [0.3, 0.4) is 0 Å². The number of allylic oxidation sites excluding steroid dienone is 3. The summed E-state index contributed by atoms with van der Waals surface area (Å²) in [5.74, 6) is 0.425. The molecule has 1 saturated heterocycles. The Kier molecular flexibility index (Phi) is 5.05. The molecule has 4 nitrogen and oxygen atoms in total. The van der Waals surface area contributed by atoms with Crippen LogP contribution in [-0.2, 0) is 0 Å². The molecular formula is C12H21N3O. The zero-order chi connectivity index (χ0) is 12.0. The minimum Gasteiger partial charge on any atom is -0.393 e. The zero-order valence-electron chi connectivity index (χ0n) is 9.89. The van der Waals surface area contributed by atoms with Gasteiger partial charge in [-0.15, -0.1) is 0 Å². The molecule has 0 aromatic heterocycles. The summed E-state index contributed by atoms with van der Waals surface area (Å²) in [6, 6.07) is 0. The third-order valence-electron chi connectivity index (χ3n) is 2.87. The van der Waals surface area contributed by atoms with Crippen molar-refractivity contribution in [2.24, 2.45) is 10.7 Å². The molecule has 1 heterocycles. The van der Waals surface area contributed by atoms with E-state index in [1.807, 2.05) is 13.0 Å². The van der Waals surface area contributed by atoms with Crippen molar-refractivity contribution in [1.82, 2.24) is 4.90 Å². The predicted octanol–water partition coefficient (Wildman–Crippen LogP) is 1.24. The maximum Gasteiger partial charge on any atom is 0.122 e. The Labute approximate surface area is 97.2 Å². The van der Waals surface area contributed by atoms with Crippen molar-refractivity contribution in [2.45, 2.75) is 32.3 Å². The highest BCUT2D eigenvalue weighted by Gasteiger charge is 2.14. The first-order chi connectivity index (χ1) is 7.63. The van der Waals surface area contributed by atoms with Crippen molar-refractivity contribution in [3.8, 4) is 0 Å². The Morgan fingerprint density at radius 3 is 2.88 bits per heavy atom. The second kappa shape index (κ2) is 6.33. The van der Waals surface area contributed by atoms with Gasteiger partial charge in [-0.3, -0.25) is 0 Å². The van der Waals surface area contributed by atoms with Gasteiger partial charge in [-0.2, -0.15) is 0 Å². The highest BCUT2D eigenvalue weighted by molar-refractivity contribution is 5.29. The zero-order valence-corrected chi connectivity index (χ0v) is 9.89. The summed E-state index contributed by atoms with van der Waals surface area (Å²) in [6.45, 7) is 7.30. The Balaban J connectivity index is 2.58. The third kappa shape index (κ3) is 4.06. The van der Waals surface area contributed by atoms with Gasteiger partial charge in [0, 0.05) is 18.8 Å². The Morgan fingerprint density at radius 2 is 2.19 bits per heavy atom. The van der Waals surface area contributed by atoms with Crippen molar-refractivity contribution in [3.63, 3.8) is 0 Å². The molecule has 0 aromatic rings. The summed E-state index contributed by atoms with van der Waals surface area (Å²) in [7, 11) is 0. The largest absolute Gasteiger partial charge is 0.393 e. The van der Waals surface area contributed by atoms with Gasteiger partial charge in [-0.25, -0.2) is 4.99 Å². The van der Waals surface area contributed by atoms with Crippen molar-refractivity contribution >= 4 is 6.72 Å². The summed E-state index contributed by atoms with van der Waals surface area (Å²) in [4.78, 5) is 5.89. The molecule has 3 N–H and O–H groups in total. The van der Waals surface area contributed by atoms with Crippen LogP contribution < -0.4 is 5.73 Å². The van der Waals surface area contributed by atoms with Crippen LogP contribution in [0.4, 0.5) is 0 Å². The summed E-state index contributed by atoms with van der Waals surface area (Å²) in [5.41, 5.74) is 6.69. The molecule has 1 unspecified atom stereocenters. The van der Waals surface area contributed by atoms with Crippen LogP contribution in [0.25, 0.3) is 0 Å². The summed E-state index contributed by atoms with van der Waals surface area (Å²) in [5, 5.41) is 9.54. The molecule has 1 aliphatic rings. The lowest BCUT2D eigenvalue weighted by molar-refractivity contribution is 0.157. The van der Waals surface area contributed by atoms with Crippen LogP contribution in [-0.4, -0.2) is 35.9 Å². The SMILES string of the molecule is C=N/C(N)=C\C=C(/C)N1CCCC(O)CC1. The molecule has 0 spiro atoms. The number of hydrogen-bond donors (Lipinski definition) is 2. The lowest BCUT2D eigenvalue weighted by atomic mass is 10.2. The van der Waals surface area contributed by atoms with E-state index in [0.717, 1.165) is 38.0 Å². The third-order valence-corrected chi connectivity index (χ3v) is 2.87. The first-order valence-corrected chi connectivity index (χ1v) is 5.67. The highest BCUT2D eigenvalue weighted by atomic mass is 16.3. The lowest BCUT2D eigenvalue weighted by Gasteiger charge is -2.22. The minimum atomic E-state index is -0.145. The smallest absolute Gasteiger partial charge is 0.122 e. The molecule has 0 amide bonds. The van der Waals surface area contributed by atoms with E-state index in [4.69, 9.17) is 5.73 Å². The van der Waals surface area contributed by atoms with E-state index in [1.54, 1.807) is 6.08 Å². The van der Waals surface area contributed by atoms with Crippen molar-refractivity contribution in [1.29, 1.82) is 0 Å². The summed E-state index contributed by atoms with van der Waals surface area (Å²) < 4.78 is 0. The second-order valence-corrected chi connectivity index (χ2v) is 4.13. The van der Waals surface area contributed by atoms with Gasteiger partial charge in [0.15, 0.2) is 0 Å². The van der Waals surface area contributed by atoms with Gasteiger partial charge < -0.3 is 15.7 Å². The van der Waals surface area contributed by atoms with E-state index in [1.165, 1.54) is 0 Å². The van der Waals surface area contributed by atoms with Gasteiger partial charge in [0.25, 0.3) is 0 Å². The van der Waals surface area contributed by atoms with E-state index in [0.29, 0.717) is 5.82 Å². The van der Waals surface area contributed by atoms with Crippen molar-refractivity contribution in [2.75, 3.05) is 13.1 Å². The molecule has 0 bridgehead atoms. The van der Waals surface area contributed by atoms with E-state index < -0.39 is 0 Å². The average molecular weight is 223 g/mol. The van der Waals surface area contributed by atoms with E-state index in [9.17, 15) is 5.11 Å². The van der Waals surface area contributed by atoms with Crippen molar-refractivity contribution < 1.29 is 5.11 Å². The molecule has 1 aliphatic heterocycles. The number of hydrogen-bond acceptors (Lipinski definition) is 4. The number of rotatable bonds is 3. The van der Waals surface area contributed by atoms with Gasteiger partial charge >= 0.3 is 0 Å². The van der Waals surface area contributed by atoms with Crippen LogP contribution in [0.15, 0.2) is 28.7 Å². The molecule has 16 heavy (non-hydrogen) atoms. The molecule has 90 valence electrons. The standard InChI is InChI=1S/C12H21N3O/c1-10(5-6-12(13)14-2)15-8-3-4-11(16)7-9-15/h5-6,11,16H,2-4,7-9,13H2,1H3/b10-5+,12-6-. The first-order valence-electron chi connectivity index (χ1n) is 5.67. The quantitative estimate of drug-likeness (QED) is 0.559. The molecule has 0 aliphatic carbocycles. The monoisotopic (exact) mass is 223 g/mol. The first kappa shape index (κ1) is 12.8. The highest BCUT2D eigenvalue weighted by Crippen LogP contribution is 2.15. The van der Waals surface area contributed by atoms with E-state index >= 15 is 0 Å². The Bertz CT molecular complexity index is 297. The van der Waals surface area contributed by atoms with Crippen LogP contribution in [0.1, 0.15) is 26.2 Å². The average Bonchev–Trinajstić information content (AvgIpc) is 2.50. The molecule has 0 aromatic carbocycles. The lowest BCUT2D eigenvalue weighted by Crippen LogP contribution is -2.23. The van der Waals surface area contributed by atoms with Gasteiger partial charge in [0.2, 0.25) is 0 Å². The molecular weight excluding hydrogens is 202 g/mol. The maximum absolute atomic E-state index is 9.54. The van der Waals surface area contributed by atoms with Gasteiger partial charge in [-0.1, -0.05) is 0 Å². The fraction of sp³-hybridized carbons (Fsp3) is 0.583. The number of aliphatic imine (C=N–C) groups is 1. The molecule has 1 fully saturated rings. The Morgan fingerprint density at radius 1 is 1.44 bits per heavy atom. The normalized spacial score (nSPS) is 24.1. The van der Waals surface area contributed by atoms with Crippen LogP contribution in [0.5, 0.6) is 0 Å². The minimum absolute atomic E-state index is 0.145. The van der Waals surface area contributed by atoms with Gasteiger partial charge in [0.05, 0.1) is 6.10 Å². The van der Waals surface area contributed by atoms with Crippen LogP contribution in [0, 0.1) is 0 Å². The Hall–Kier alpha value is -1.29. The number of aliphatic hydroxyl groups excluding tert-OH is 1. The fourth-order valence-corrected chi connectivity index (χ4v) is 1.80. The second-order valence-electron chi connectivity index (χ2n) is 4.13. The topological polar surface area (TPSA) is 61.8 Å². The molecule has 0 radical (unpaired) electrons. The number of aliphatic hydroxyl groups is 1. The number of nitrogens with two attached hydrogens (primary N) is 1. The molecule has 0 saturated carbocycles. The summed E-state index contributed by atoms with van der Waals surface area (Å²) in [6.07, 6.45) is 6.32. The van der Waals surface area contributed by atoms with E-state index in [-0.39, 0.29) is 6.10 Å². The van der Waals surface area contributed by atoms with Crippen molar-refractivity contribution in [3.05, 3.63) is 23.7 Å². The van der Waals surface area contributed by atoms with Crippen LogP contribution in [0.2, 0.25) is 0 Å². The van der Waals surface area contributed by atoms with E-state index in [2.05, 4.69) is 16.6 Å². The van der Waals surface area contributed by atoms with Gasteiger partial charge in [0.1, 0.15) is 5.82 Å². The number of nitrogens with zero attached hydrogens (tertiary/aromatic N) is 2. The number of likely N-dealkylation sites (tertiary alicyclic amines) is 1. The summed E-state index contributed by atoms with van der Waals surface area (Å²) >= 11 is 0. The molecule has 4 heteroatoms. The predicted molar refractivity (Wildman–Crippen MR) is 67.0 cm³/mol. The van der Waals surface area contributed by atoms with Crippen LogP contribution >= 0.6 is 0 Å². The fourth-order valence-electron chi connectivity index (χ4n) is 1.80. The molecule has 1 atom stereocenters. The maximum atomic E-state index is 9.54. The van der Waals surface area contributed by atoms with Gasteiger partial charge in [-0.05, 0) is 45.1 Å².